The fourth-order valence-corrected chi connectivity index (χ4v) is 7.49. The highest BCUT2D eigenvalue weighted by Crippen LogP contribution is 2.68. The van der Waals surface area contributed by atoms with Crippen LogP contribution in [0, 0.1) is 11.3 Å². The second kappa shape index (κ2) is 8.37. The number of nitrogens with zero attached hydrogens (tertiary/aromatic N) is 1. The van der Waals surface area contributed by atoms with Gasteiger partial charge in [0.05, 0.1) is 12.5 Å². The van der Waals surface area contributed by atoms with Gasteiger partial charge >= 0.3 is 0 Å². The fourth-order valence-electron chi connectivity index (χ4n) is 7.49. The third-order valence-corrected chi connectivity index (χ3v) is 8.94. The van der Waals surface area contributed by atoms with Crippen molar-refractivity contribution in [2.75, 3.05) is 20.2 Å². The van der Waals surface area contributed by atoms with Crippen LogP contribution in [0.15, 0.2) is 84.9 Å². The molecule has 3 aliphatic carbocycles. The van der Waals surface area contributed by atoms with E-state index >= 15 is 0 Å². The Morgan fingerprint density at radius 1 is 1.00 bits per heavy atom. The maximum Gasteiger partial charge on any atom is 0.246 e. The standard InChI is InChI=1S/C31H30N2O3/c1-36-26-14-8-5-9-21(26)15-16-28(34)33-19-27-30(22-10-3-2-4-11-22)18-17-25(31(27,20-33)29(32)35)23-12-6-7-13-24(23)30/h2-16,25,27H,17-20H2,1H3,(H2,32,35)/t25-,27+,30-,31+/m1/s1. The highest BCUT2D eigenvalue weighted by Gasteiger charge is 2.69. The second-order valence-corrected chi connectivity index (χ2v) is 10.3. The largest absolute Gasteiger partial charge is 0.496 e. The van der Waals surface area contributed by atoms with Gasteiger partial charge in [-0.1, -0.05) is 72.8 Å². The Bertz CT molecular complexity index is 1370. The number of fused-ring (bicyclic) bond motifs is 1. The third-order valence-electron chi connectivity index (χ3n) is 8.94. The van der Waals surface area contributed by atoms with E-state index in [2.05, 4.69) is 48.5 Å². The van der Waals surface area contributed by atoms with Crippen LogP contribution >= 0.6 is 0 Å². The first kappa shape index (κ1) is 22.6. The molecule has 4 aliphatic rings. The molecule has 2 fully saturated rings. The number of carbonyl (C=O) groups is 2. The fraction of sp³-hybridized carbons (Fsp3) is 0.290. The van der Waals surface area contributed by atoms with E-state index in [-0.39, 0.29) is 29.1 Å². The zero-order chi connectivity index (χ0) is 24.9. The minimum Gasteiger partial charge on any atom is -0.496 e. The molecule has 182 valence electrons. The summed E-state index contributed by atoms with van der Waals surface area (Å²) in [5.74, 6) is 0.236. The van der Waals surface area contributed by atoms with Crippen molar-refractivity contribution in [1.29, 1.82) is 0 Å². The van der Waals surface area contributed by atoms with Gasteiger partial charge in [-0.25, -0.2) is 0 Å². The van der Waals surface area contributed by atoms with Gasteiger partial charge in [-0.15, -0.1) is 0 Å². The summed E-state index contributed by atoms with van der Waals surface area (Å²) in [5, 5.41) is 0. The van der Waals surface area contributed by atoms with E-state index in [0.29, 0.717) is 18.8 Å². The van der Waals surface area contributed by atoms with Gasteiger partial charge < -0.3 is 15.4 Å². The molecule has 2 amide bonds. The number of likely N-dealkylation sites (tertiary alicyclic amines) is 1. The van der Waals surface area contributed by atoms with Crippen molar-refractivity contribution < 1.29 is 14.3 Å². The van der Waals surface area contributed by atoms with Crippen LogP contribution in [-0.4, -0.2) is 36.9 Å². The molecule has 5 heteroatoms. The van der Waals surface area contributed by atoms with Gasteiger partial charge in [-0.2, -0.15) is 0 Å². The molecule has 36 heavy (non-hydrogen) atoms. The number of benzene rings is 3. The lowest BCUT2D eigenvalue weighted by atomic mass is 9.42. The summed E-state index contributed by atoms with van der Waals surface area (Å²) >= 11 is 0. The Kier molecular flexibility index (Phi) is 5.25. The molecule has 0 radical (unpaired) electrons. The van der Waals surface area contributed by atoms with E-state index in [4.69, 9.17) is 10.5 Å². The van der Waals surface area contributed by atoms with Crippen LogP contribution in [0.4, 0.5) is 0 Å². The second-order valence-electron chi connectivity index (χ2n) is 10.3. The van der Waals surface area contributed by atoms with Crippen molar-refractivity contribution in [2.45, 2.75) is 24.2 Å². The summed E-state index contributed by atoms with van der Waals surface area (Å²) in [6.07, 6.45) is 5.20. The van der Waals surface area contributed by atoms with E-state index in [1.54, 1.807) is 19.3 Å². The van der Waals surface area contributed by atoms with Crippen molar-refractivity contribution in [1.82, 2.24) is 4.90 Å². The van der Waals surface area contributed by atoms with Crippen LogP contribution in [0.5, 0.6) is 5.75 Å². The quantitative estimate of drug-likeness (QED) is 0.548. The number of amides is 2. The van der Waals surface area contributed by atoms with E-state index in [0.717, 1.165) is 18.4 Å². The van der Waals surface area contributed by atoms with Gasteiger partial charge in [0.15, 0.2) is 0 Å². The summed E-state index contributed by atoms with van der Waals surface area (Å²) in [6.45, 7) is 0.841. The van der Waals surface area contributed by atoms with E-state index < -0.39 is 5.41 Å². The van der Waals surface area contributed by atoms with Crippen LogP contribution in [0.25, 0.3) is 6.08 Å². The van der Waals surface area contributed by atoms with Gasteiger partial charge in [-0.05, 0) is 41.7 Å². The first-order chi connectivity index (χ1) is 17.5. The lowest BCUT2D eigenvalue weighted by molar-refractivity contribution is -0.135. The number of methoxy groups -OCH3 is 1. The summed E-state index contributed by atoms with van der Waals surface area (Å²) in [4.78, 5) is 28.8. The van der Waals surface area contributed by atoms with Gasteiger partial charge in [0.25, 0.3) is 0 Å². The molecule has 7 rings (SSSR count). The smallest absolute Gasteiger partial charge is 0.246 e. The van der Waals surface area contributed by atoms with E-state index in [1.807, 2.05) is 35.2 Å². The Morgan fingerprint density at radius 2 is 1.72 bits per heavy atom. The molecule has 1 aliphatic heterocycles. The SMILES string of the molecule is COc1ccccc1C=CC(=O)N1C[C@H]2[C@@]3(c4ccccc4)CC[C@H](c4ccccc43)[C@@]2(C(N)=O)C1. The first-order valence-corrected chi connectivity index (χ1v) is 12.6. The lowest BCUT2D eigenvalue weighted by Crippen LogP contribution is -2.61. The average Bonchev–Trinajstić information content (AvgIpc) is 3.37. The van der Waals surface area contributed by atoms with E-state index in [1.165, 1.54) is 16.7 Å². The van der Waals surface area contributed by atoms with Crippen molar-refractivity contribution in [3.63, 3.8) is 0 Å². The zero-order valence-electron chi connectivity index (χ0n) is 20.4. The molecule has 0 spiro atoms. The molecule has 0 unspecified atom stereocenters. The molecule has 1 saturated carbocycles. The Labute approximate surface area is 211 Å². The normalized spacial score (nSPS) is 28.1. The summed E-state index contributed by atoms with van der Waals surface area (Å²) in [6, 6.07) is 26.6. The zero-order valence-corrected chi connectivity index (χ0v) is 20.4. The molecular weight excluding hydrogens is 448 g/mol. The number of ether oxygens (including phenoxy) is 1. The molecule has 3 aromatic rings. The third kappa shape index (κ3) is 3.01. The Balaban J connectivity index is 1.44. The minimum atomic E-state index is -0.795. The number of nitrogens with two attached hydrogens (primary N) is 1. The maximum absolute atomic E-state index is 13.5. The van der Waals surface area contributed by atoms with Gasteiger partial charge in [-0.3, -0.25) is 9.59 Å². The van der Waals surface area contributed by atoms with Crippen LogP contribution in [0.3, 0.4) is 0 Å². The van der Waals surface area contributed by atoms with Crippen molar-refractivity contribution >= 4 is 17.9 Å². The van der Waals surface area contributed by atoms with Crippen molar-refractivity contribution in [2.24, 2.45) is 17.1 Å². The molecule has 3 aromatic carbocycles. The lowest BCUT2D eigenvalue weighted by Gasteiger charge is -2.59. The molecule has 5 nitrogen and oxygen atoms in total. The van der Waals surface area contributed by atoms with Gasteiger partial charge in [0.2, 0.25) is 11.8 Å². The molecule has 4 atom stereocenters. The van der Waals surface area contributed by atoms with Crippen LogP contribution < -0.4 is 10.5 Å². The number of para-hydroxylation sites is 1. The molecule has 1 saturated heterocycles. The maximum atomic E-state index is 13.5. The summed E-state index contributed by atoms with van der Waals surface area (Å²) in [7, 11) is 1.62. The molecular formula is C31H30N2O3. The Hall–Kier alpha value is -3.86. The number of rotatable bonds is 5. The number of hydrogen-bond donors (Lipinski definition) is 1. The Morgan fingerprint density at radius 3 is 2.50 bits per heavy atom. The highest BCUT2D eigenvalue weighted by atomic mass is 16.5. The van der Waals surface area contributed by atoms with Crippen LogP contribution in [0.2, 0.25) is 0 Å². The number of hydrogen-bond acceptors (Lipinski definition) is 3. The predicted molar refractivity (Wildman–Crippen MR) is 139 cm³/mol. The van der Waals surface area contributed by atoms with Crippen LogP contribution in [-0.2, 0) is 15.0 Å². The number of carbonyl (C=O) groups excluding carboxylic acids is 2. The highest BCUT2D eigenvalue weighted by molar-refractivity contribution is 5.94. The monoisotopic (exact) mass is 478 g/mol. The molecule has 1 heterocycles. The predicted octanol–water partition coefficient (Wildman–Crippen LogP) is 4.52. The first-order valence-electron chi connectivity index (χ1n) is 12.6. The average molecular weight is 479 g/mol. The van der Waals surface area contributed by atoms with Crippen LogP contribution in [0.1, 0.15) is 41.0 Å². The van der Waals surface area contributed by atoms with Crippen molar-refractivity contribution in [3.8, 4) is 5.75 Å². The molecule has 2 bridgehead atoms. The topological polar surface area (TPSA) is 72.6 Å². The summed E-state index contributed by atoms with van der Waals surface area (Å²) in [5.41, 5.74) is 9.65. The van der Waals surface area contributed by atoms with E-state index in [9.17, 15) is 9.59 Å². The van der Waals surface area contributed by atoms with Gasteiger partial charge in [0.1, 0.15) is 5.75 Å². The van der Waals surface area contributed by atoms with Crippen molar-refractivity contribution in [3.05, 3.63) is 107 Å². The summed E-state index contributed by atoms with van der Waals surface area (Å²) < 4.78 is 5.42. The number of primary amides is 1. The molecule has 0 aromatic heterocycles. The molecule has 2 N–H and O–H groups in total. The minimum absolute atomic E-state index is 0.0118. The van der Waals surface area contributed by atoms with Gasteiger partial charge in [0, 0.05) is 42.0 Å².